The van der Waals surface area contributed by atoms with Gasteiger partial charge < -0.3 is 5.11 Å². The van der Waals surface area contributed by atoms with Crippen molar-refractivity contribution in [2.75, 3.05) is 0 Å². The van der Waals surface area contributed by atoms with Crippen LogP contribution in [-0.2, 0) is 0 Å². The number of hydrogen-bond donors (Lipinski definition) is 1. The summed E-state index contributed by atoms with van der Waals surface area (Å²) < 4.78 is 0. The van der Waals surface area contributed by atoms with Gasteiger partial charge in [0.1, 0.15) is 5.75 Å². The first-order chi connectivity index (χ1) is 3.79. The van der Waals surface area contributed by atoms with E-state index in [4.69, 9.17) is 5.11 Å². The number of hydrogen-bond acceptors (Lipinski definition) is 1. The van der Waals surface area contributed by atoms with E-state index in [1.165, 1.54) is 5.56 Å². The quantitative estimate of drug-likeness (QED) is 0.551. The zero-order valence-corrected chi connectivity index (χ0v) is 10.8. The van der Waals surface area contributed by atoms with Crippen LogP contribution in [0.5, 0.6) is 5.75 Å². The minimum Gasteiger partial charge on any atom is -0.508 e. The van der Waals surface area contributed by atoms with E-state index >= 15 is 0 Å². The summed E-state index contributed by atoms with van der Waals surface area (Å²) in [5, 5.41) is 8.76. The predicted octanol–water partition coefficient (Wildman–Crippen LogP) is 0.939. The van der Waals surface area contributed by atoms with E-state index in [-0.39, 0.29) is 59.1 Å². The van der Waals surface area contributed by atoms with Crippen LogP contribution in [0.15, 0.2) is 24.3 Å². The largest absolute Gasteiger partial charge is 0.508 e. The minimum atomic E-state index is 0. The molecule has 0 atom stereocenters. The summed E-state index contributed by atoms with van der Waals surface area (Å²) in [6.45, 7) is 1.99. The zero-order valence-electron chi connectivity index (χ0n) is 6.76. The number of benzene rings is 1. The molecule has 0 saturated carbocycles. The molecule has 0 heterocycles. The van der Waals surface area contributed by atoms with Gasteiger partial charge in [0.15, 0.2) is 0 Å². The number of phenols is 1. The van der Waals surface area contributed by atoms with Crippen LogP contribution in [0.2, 0.25) is 0 Å². The summed E-state index contributed by atoms with van der Waals surface area (Å²) in [5.41, 5.74) is 1.17. The third-order valence-corrected chi connectivity index (χ3v) is 1.03. The Kier molecular flexibility index (Phi) is 9.13. The molecule has 1 aromatic rings. The Bertz CT molecular complexity index is 150. The normalized spacial score (nSPS) is 7.30. The van der Waals surface area contributed by atoms with Crippen LogP contribution in [0.25, 0.3) is 0 Å². The van der Waals surface area contributed by atoms with Gasteiger partial charge in [0.05, 0.1) is 0 Å². The number of aryl methyl sites for hydroxylation is 1. The predicted molar refractivity (Wildman–Crippen MR) is 44.4 cm³/mol. The Morgan fingerprint density at radius 3 is 1.70 bits per heavy atom. The van der Waals surface area contributed by atoms with Crippen molar-refractivity contribution in [1.29, 1.82) is 0 Å². The summed E-state index contributed by atoms with van der Waals surface area (Å²) in [6.07, 6.45) is 0. The minimum absolute atomic E-state index is 0. The maximum Gasteiger partial charge on any atom is 0.115 e. The fraction of sp³-hybridized carbons (Fsp3) is 0.143. The summed E-state index contributed by atoms with van der Waals surface area (Å²) in [6, 6.07) is 7.09. The second-order valence-corrected chi connectivity index (χ2v) is 1.84. The maximum absolute atomic E-state index is 8.76. The molecule has 1 N–H and O–H groups in total. The molecule has 0 spiro atoms. The molecule has 0 aliphatic rings. The van der Waals surface area contributed by atoms with Gasteiger partial charge in [0, 0.05) is 59.1 Å². The molecule has 1 rings (SSSR count). The van der Waals surface area contributed by atoms with Gasteiger partial charge >= 0.3 is 0 Å². The van der Waals surface area contributed by atoms with E-state index < -0.39 is 0 Å². The third kappa shape index (κ3) is 4.78. The van der Waals surface area contributed by atoms with Gasteiger partial charge in [-0.3, -0.25) is 0 Å². The molecule has 0 fully saturated rings. The second kappa shape index (κ2) is 6.71. The van der Waals surface area contributed by atoms with E-state index in [2.05, 4.69) is 0 Å². The van der Waals surface area contributed by atoms with Crippen molar-refractivity contribution in [3.8, 4) is 5.75 Å². The van der Waals surface area contributed by atoms with Crippen LogP contribution in [0.1, 0.15) is 5.56 Å². The van der Waals surface area contributed by atoms with Crippen LogP contribution >= 0.6 is 0 Å². The van der Waals surface area contributed by atoms with E-state index in [9.17, 15) is 0 Å². The summed E-state index contributed by atoms with van der Waals surface area (Å²) in [5.74, 6) is 0.329. The Balaban J connectivity index is 0. The van der Waals surface area contributed by atoms with Crippen LogP contribution in [0, 0.1) is 6.92 Å². The van der Waals surface area contributed by atoms with Crippen LogP contribution < -0.4 is 0 Å². The van der Waals surface area contributed by atoms with Gasteiger partial charge in [-0.2, -0.15) is 0 Å². The van der Waals surface area contributed by atoms with E-state index in [1.54, 1.807) is 12.1 Å². The Morgan fingerprint density at radius 1 is 1.00 bits per heavy atom. The van der Waals surface area contributed by atoms with Crippen molar-refractivity contribution in [3.63, 3.8) is 0 Å². The molecule has 10 heavy (non-hydrogen) atoms. The molecule has 0 aliphatic carbocycles. The third-order valence-electron chi connectivity index (χ3n) is 1.03. The Hall–Kier alpha value is 1.02. The van der Waals surface area contributed by atoms with Crippen LogP contribution in [-0.4, -0.2) is 64.2 Å². The van der Waals surface area contributed by atoms with Crippen molar-refractivity contribution >= 4 is 59.1 Å². The van der Waals surface area contributed by atoms with E-state index in [0.29, 0.717) is 5.75 Å². The average molecular weight is 154 g/mol. The van der Waals surface area contributed by atoms with Gasteiger partial charge in [0.2, 0.25) is 0 Å². The van der Waals surface area contributed by atoms with Crippen molar-refractivity contribution in [2.24, 2.45) is 0 Å². The molecule has 2 radical (unpaired) electrons. The molecule has 0 amide bonds. The molecule has 0 unspecified atom stereocenters. The van der Waals surface area contributed by atoms with Gasteiger partial charge in [-0.1, -0.05) is 17.7 Å². The van der Waals surface area contributed by atoms with Gasteiger partial charge in [0.25, 0.3) is 0 Å². The van der Waals surface area contributed by atoms with Gasteiger partial charge in [-0.05, 0) is 19.1 Å². The second-order valence-electron chi connectivity index (χ2n) is 1.84. The van der Waals surface area contributed by atoms with Gasteiger partial charge in [-0.25, -0.2) is 0 Å². The van der Waals surface area contributed by atoms with Crippen molar-refractivity contribution in [2.45, 2.75) is 6.92 Å². The van der Waals surface area contributed by atoms with E-state index in [1.807, 2.05) is 19.1 Å². The number of aromatic hydroxyl groups is 1. The molecule has 0 aliphatic heterocycles. The summed E-state index contributed by atoms with van der Waals surface area (Å²) in [4.78, 5) is 0. The first-order valence-electron chi connectivity index (χ1n) is 2.54. The van der Waals surface area contributed by atoms with Crippen molar-refractivity contribution in [3.05, 3.63) is 29.8 Å². The molecular weight excluding hydrogens is 146 g/mol. The average Bonchev–Trinajstić information content (AvgIpc) is 1.77. The smallest absolute Gasteiger partial charge is 0.115 e. The molecule has 0 saturated heterocycles. The monoisotopic (exact) mass is 154 g/mol. The SMILES string of the molecule is Cc1ccc(O)cc1.[Na].[Na]. The van der Waals surface area contributed by atoms with Gasteiger partial charge in [-0.15, -0.1) is 0 Å². The zero-order chi connectivity index (χ0) is 5.98. The van der Waals surface area contributed by atoms with Crippen molar-refractivity contribution in [1.82, 2.24) is 0 Å². The van der Waals surface area contributed by atoms with Crippen LogP contribution in [0.4, 0.5) is 0 Å². The molecule has 0 bridgehead atoms. The first-order valence-corrected chi connectivity index (χ1v) is 2.54. The fourth-order valence-electron chi connectivity index (χ4n) is 0.545. The number of rotatable bonds is 0. The maximum atomic E-state index is 8.76. The topological polar surface area (TPSA) is 20.2 Å². The number of phenolic OH excluding ortho intramolecular Hbond substituents is 1. The molecular formula is C7H8Na2O. The molecule has 44 valence electrons. The molecule has 1 aromatic carbocycles. The summed E-state index contributed by atoms with van der Waals surface area (Å²) >= 11 is 0. The first kappa shape index (κ1) is 13.6. The Morgan fingerprint density at radius 2 is 1.40 bits per heavy atom. The molecule has 1 nitrogen and oxygen atoms in total. The molecule has 0 aromatic heterocycles. The summed E-state index contributed by atoms with van der Waals surface area (Å²) in [7, 11) is 0. The van der Waals surface area contributed by atoms with E-state index in [0.717, 1.165) is 0 Å². The van der Waals surface area contributed by atoms with Crippen LogP contribution in [0.3, 0.4) is 0 Å². The standard InChI is InChI=1S/C7H8O.2Na/c1-6-2-4-7(8)5-3-6;;/h2-5,8H,1H3;;. The Labute approximate surface area is 105 Å². The van der Waals surface area contributed by atoms with Crippen molar-refractivity contribution < 1.29 is 5.11 Å². The molecule has 3 heteroatoms. The fourth-order valence-corrected chi connectivity index (χ4v) is 0.545.